The van der Waals surface area contributed by atoms with Gasteiger partial charge in [-0.2, -0.15) is 0 Å². The van der Waals surface area contributed by atoms with Crippen molar-refractivity contribution in [2.45, 2.75) is 60.8 Å². The van der Waals surface area contributed by atoms with Gasteiger partial charge in [-0.3, -0.25) is 19.3 Å². The molecule has 1 aromatic rings. The number of nitrogens with two attached hydrogens (primary N) is 1. The number of benzene rings is 1. The number of carboxylic acid groups (broad SMARTS) is 2. The van der Waals surface area contributed by atoms with Crippen LogP contribution in [-0.4, -0.2) is 117 Å². The summed E-state index contributed by atoms with van der Waals surface area (Å²) < 4.78 is 4.52. The Morgan fingerprint density at radius 1 is 1.12 bits per heavy atom. The van der Waals surface area contributed by atoms with E-state index in [0.717, 1.165) is 0 Å². The summed E-state index contributed by atoms with van der Waals surface area (Å²) >= 11 is 1.35. The number of phenols is 1. The number of fused-ring (bicyclic) bond motifs is 2. The van der Waals surface area contributed by atoms with Crippen molar-refractivity contribution in [3.8, 4) is 5.75 Å². The van der Waals surface area contributed by atoms with Crippen molar-refractivity contribution in [3.05, 3.63) is 41.7 Å². The molecule has 0 unspecified atom stereocenters. The molecular formula is C24H34KN4O13S+. The minimum atomic E-state index is -1.14. The predicted octanol–water partition coefficient (Wildman–Crippen LogP) is -6.54. The summed E-state index contributed by atoms with van der Waals surface area (Å²) in [6.07, 6.45) is 1.03. The molecule has 0 bridgehead atoms. The molecule has 4 fully saturated rings. The Labute approximate surface area is 291 Å². The summed E-state index contributed by atoms with van der Waals surface area (Å²) in [5.41, 5.74) is 6.41. The third-order valence-electron chi connectivity index (χ3n) is 6.80. The molecule has 1 aromatic carbocycles. The minimum absolute atomic E-state index is 0. The molecule has 0 aromatic heterocycles. The van der Waals surface area contributed by atoms with Crippen molar-refractivity contribution >= 4 is 41.4 Å². The van der Waals surface area contributed by atoms with Crippen molar-refractivity contribution in [3.63, 3.8) is 0 Å². The number of phenolic OH excluding ortho intramolecular Hbond substituents is 1. The SMILES string of the molecule is CC1(C)S[C@@H]2[C@H](NC(=O)[C@H](N)c3ccc(O)cc3)C(=O)N2[C@H]1C(=O)O.O.O.O.O=C(O)[C@@H]1/C(=C\CO)O[C@@H]2CC(=O)N12.[K+]. The molecule has 3 amide bonds. The number of carboxylic acids is 2. The van der Waals surface area contributed by atoms with E-state index < -0.39 is 64.3 Å². The Kier molecular flexibility index (Phi) is 14.8. The van der Waals surface area contributed by atoms with Gasteiger partial charge in [-0.05, 0) is 37.6 Å². The number of ether oxygens (including phenoxy) is 1. The van der Waals surface area contributed by atoms with Crippen molar-refractivity contribution in [1.29, 1.82) is 0 Å². The van der Waals surface area contributed by atoms with E-state index in [-0.39, 0.29) is 98.3 Å². The van der Waals surface area contributed by atoms with Crippen LogP contribution in [-0.2, 0) is 28.7 Å². The van der Waals surface area contributed by atoms with Crippen LogP contribution in [0.5, 0.6) is 5.75 Å². The number of aliphatic hydroxyl groups is 1. The number of hydrogen-bond donors (Lipinski definition) is 6. The number of aromatic hydroxyl groups is 1. The van der Waals surface area contributed by atoms with Crippen LogP contribution in [0.1, 0.15) is 31.9 Å². The fourth-order valence-corrected chi connectivity index (χ4v) is 6.51. The maximum Gasteiger partial charge on any atom is 1.00 e. The summed E-state index contributed by atoms with van der Waals surface area (Å²) in [6, 6.07) is 2.14. The van der Waals surface area contributed by atoms with Crippen molar-refractivity contribution in [2.75, 3.05) is 6.61 Å². The Balaban J connectivity index is 0.000000847. The number of nitrogens with one attached hydrogen (secondary N) is 1. The van der Waals surface area contributed by atoms with Gasteiger partial charge in [0.05, 0.1) is 13.0 Å². The van der Waals surface area contributed by atoms with E-state index in [9.17, 15) is 34.2 Å². The molecule has 13 N–H and O–H groups in total. The van der Waals surface area contributed by atoms with Gasteiger partial charge in [0, 0.05) is 4.75 Å². The number of nitrogens with zero attached hydrogens (tertiary/aromatic N) is 2. The molecule has 4 saturated heterocycles. The van der Waals surface area contributed by atoms with E-state index in [0.29, 0.717) is 5.56 Å². The fourth-order valence-electron chi connectivity index (χ4n) is 4.88. The van der Waals surface area contributed by atoms with E-state index in [2.05, 4.69) is 5.32 Å². The molecule has 19 heteroatoms. The monoisotopic (exact) mass is 657 g/mol. The number of thioether (sulfide) groups is 1. The molecule has 4 aliphatic heterocycles. The number of rotatable bonds is 6. The molecule has 0 spiro atoms. The summed E-state index contributed by atoms with van der Waals surface area (Å²) in [5, 5.41) is 38.4. The van der Waals surface area contributed by atoms with Gasteiger partial charge in [0.15, 0.2) is 12.3 Å². The molecule has 0 radical (unpaired) electrons. The third kappa shape index (κ3) is 7.68. The summed E-state index contributed by atoms with van der Waals surface area (Å²) in [4.78, 5) is 60.5. The Bertz CT molecular complexity index is 1250. The Morgan fingerprint density at radius 2 is 1.70 bits per heavy atom. The molecular weight excluding hydrogens is 623 g/mol. The van der Waals surface area contributed by atoms with Crippen molar-refractivity contribution in [2.24, 2.45) is 5.73 Å². The first-order valence-corrected chi connectivity index (χ1v) is 12.8. The van der Waals surface area contributed by atoms with E-state index in [1.54, 1.807) is 13.8 Å². The van der Waals surface area contributed by atoms with Crippen molar-refractivity contribution < 1.29 is 117 Å². The van der Waals surface area contributed by atoms with Gasteiger partial charge in [0.2, 0.25) is 17.7 Å². The van der Waals surface area contributed by atoms with Crippen molar-refractivity contribution in [1.82, 2.24) is 15.1 Å². The van der Waals surface area contributed by atoms with Gasteiger partial charge >= 0.3 is 63.3 Å². The topological polar surface area (TPSA) is 315 Å². The van der Waals surface area contributed by atoms with Gasteiger partial charge in [0.1, 0.15) is 35.0 Å². The zero-order chi connectivity index (χ0) is 28.8. The van der Waals surface area contributed by atoms with Crippen LogP contribution in [0.25, 0.3) is 0 Å². The van der Waals surface area contributed by atoms with Gasteiger partial charge in [-0.1, -0.05) is 12.1 Å². The van der Waals surface area contributed by atoms with Crippen LogP contribution in [0.3, 0.4) is 0 Å². The molecule has 234 valence electrons. The number of amides is 3. The molecule has 0 saturated carbocycles. The van der Waals surface area contributed by atoms with Crippen LogP contribution in [0, 0.1) is 0 Å². The van der Waals surface area contributed by atoms with Gasteiger partial charge in [0.25, 0.3) is 0 Å². The molecule has 43 heavy (non-hydrogen) atoms. The van der Waals surface area contributed by atoms with Gasteiger partial charge < -0.3 is 57.5 Å². The summed E-state index contributed by atoms with van der Waals surface area (Å²) in [6.45, 7) is 3.24. The molecule has 6 atom stereocenters. The largest absolute Gasteiger partial charge is 1.00 e. The van der Waals surface area contributed by atoms with Crippen LogP contribution >= 0.6 is 11.8 Å². The smallest absolute Gasteiger partial charge is 0.508 e. The first-order valence-electron chi connectivity index (χ1n) is 11.9. The van der Waals surface area contributed by atoms with E-state index >= 15 is 0 Å². The number of aliphatic carboxylic acids is 2. The first kappa shape index (κ1) is 40.7. The average molecular weight is 658 g/mol. The fraction of sp³-hybridized carbons (Fsp3) is 0.458. The number of aliphatic hydroxyl groups excluding tert-OH is 1. The normalized spacial score (nSPS) is 26.9. The number of β-lactam (4-membered cyclic amide) rings is 2. The van der Waals surface area contributed by atoms with E-state index in [4.69, 9.17) is 20.7 Å². The zero-order valence-electron chi connectivity index (χ0n) is 23.4. The number of carbonyl (C=O) groups is 5. The van der Waals surface area contributed by atoms with Crippen LogP contribution in [0.4, 0.5) is 0 Å². The molecule has 4 aliphatic rings. The maximum absolute atomic E-state index is 12.3. The molecule has 5 rings (SSSR count). The molecule has 0 aliphatic carbocycles. The van der Waals surface area contributed by atoms with Gasteiger partial charge in [-0.25, -0.2) is 9.59 Å². The second-order valence-corrected chi connectivity index (χ2v) is 11.5. The maximum atomic E-state index is 12.3. The predicted molar refractivity (Wildman–Crippen MR) is 144 cm³/mol. The zero-order valence-corrected chi connectivity index (χ0v) is 27.3. The van der Waals surface area contributed by atoms with Crippen LogP contribution < -0.4 is 62.4 Å². The standard InChI is InChI=1S/C16H19N3O5S.C8H9NO5.K.3H2O/c1-16(2)11(15(23)24)19-13(22)10(14(19)25-16)18-12(21)9(17)7-3-5-8(20)6-4-7;10-2-1-4-7(8(12)13)9-5(11)3-6(9)14-4;;;;/h3-6,9-11,14,20H,17H2,1-2H3,(H,18,21)(H,23,24);1,6-7,10H,2-3H2,(H,12,13);;3*1H2/q;;+1;;;/b;4-1+;;;;/t9-,10-,11+,14-;6-,7+;;;;/m11..../s1. The quantitative estimate of drug-likeness (QED) is 0.123. The second-order valence-electron chi connectivity index (χ2n) is 9.76. The van der Waals surface area contributed by atoms with Gasteiger partial charge in [-0.15, -0.1) is 11.8 Å². The second kappa shape index (κ2) is 15.6. The summed E-state index contributed by atoms with van der Waals surface area (Å²) in [7, 11) is 0. The van der Waals surface area contributed by atoms with E-state index in [1.165, 1.54) is 51.9 Å². The van der Waals surface area contributed by atoms with Crippen LogP contribution in [0.2, 0.25) is 0 Å². The summed E-state index contributed by atoms with van der Waals surface area (Å²) in [5.74, 6) is -3.16. The average Bonchev–Trinajstić information content (AvgIpc) is 3.31. The Morgan fingerprint density at radius 3 is 2.19 bits per heavy atom. The molecule has 4 heterocycles. The molecule has 17 nitrogen and oxygen atoms in total. The van der Waals surface area contributed by atoms with E-state index in [1.807, 2.05) is 0 Å². The number of hydrogen-bond acceptors (Lipinski definition) is 10. The number of carbonyl (C=O) groups excluding carboxylic acids is 3. The Hall–Kier alpha value is -2.30. The van der Waals surface area contributed by atoms with Crippen LogP contribution in [0.15, 0.2) is 36.1 Å². The minimum Gasteiger partial charge on any atom is -0.508 e. The third-order valence-corrected chi connectivity index (χ3v) is 8.37. The first-order chi connectivity index (χ1) is 18.3.